The summed E-state index contributed by atoms with van der Waals surface area (Å²) in [7, 11) is 0. The fourth-order valence-corrected chi connectivity index (χ4v) is 2.89. The summed E-state index contributed by atoms with van der Waals surface area (Å²) in [5.41, 5.74) is 16.4. The normalized spacial score (nSPS) is 13.9. The van der Waals surface area contributed by atoms with Crippen LogP contribution >= 0.6 is 0 Å². The number of aromatic amines is 1. The lowest BCUT2D eigenvalue weighted by atomic mass is 10.1. The number of carbonyl (C=O) groups excluding carboxylic acids is 3. The van der Waals surface area contributed by atoms with Crippen molar-refractivity contribution < 1.29 is 39.3 Å². The molecule has 0 aromatic carbocycles. The fourth-order valence-electron chi connectivity index (χ4n) is 2.89. The number of amides is 3. The van der Waals surface area contributed by atoms with E-state index in [4.69, 9.17) is 22.3 Å². The predicted octanol–water partition coefficient (Wildman–Crippen LogP) is -4.66. The third kappa shape index (κ3) is 10.8. The number of guanidine groups is 1. The Morgan fingerprint density at radius 2 is 1.61 bits per heavy atom. The summed E-state index contributed by atoms with van der Waals surface area (Å²) in [6, 6.07) is -5.71. The summed E-state index contributed by atoms with van der Waals surface area (Å²) < 4.78 is 0. The van der Waals surface area contributed by atoms with Gasteiger partial charge in [0.05, 0.1) is 25.4 Å². The van der Waals surface area contributed by atoms with Crippen molar-refractivity contribution in [2.75, 3.05) is 13.2 Å². The van der Waals surface area contributed by atoms with Crippen LogP contribution < -0.4 is 33.2 Å². The van der Waals surface area contributed by atoms with E-state index in [2.05, 4.69) is 30.9 Å². The van der Waals surface area contributed by atoms with Crippen LogP contribution in [-0.2, 0) is 30.4 Å². The Labute approximate surface area is 204 Å². The van der Waals surface area contributed by atoms with Gasteiger partial charge < -0.3 is 53.5 Å². The van der Waals surface area contributed by atoms with E-state index in [0.717, 1.165) is 0 Å². The van der Waals surface area contributed by atoms with Crippen LogP contribution in [-0.4, -0.2) is 98.2 Å². The summed E-state index contributed by atoms with van der Waals surface area (Å²) in [6.07, 6.45) is 2.07. The number of aliphatic hydroxyl groups excluding tert-OH is 1. The molecule has 17 heteroatoms. The highest BCUT2D eigenvalue weighted by Gasteiger charge is 2.30. The monoisotopic (exact) mass is 513 g/mol. The molecule has 200 valence electrons. The van der Waals surface area contributed by atoms with Gasteiger partial charge >= 0.3 is 11.9 Å². The Morgan fingerprint density at radius 1 is 1.00 bits per heavy atom. The minimum Gasteiger partial charge on any atom is -0.481 e. The van der Waals surface area contributed by atoms with Crippen LogP contribution in [0.25, 0.3) is 0 Å². The summed E-state index contributed by atoms with van der Waals surface area (Å²) >= 11 is 0. The molecule has 17 nitrogen and oxygen atoms in total. The lowest BCUT2D eigenvalue weighted by Gasteiger charge is -2.24. The topological polar surface area (TPSA) is 301 Å². The van der Waals surface area contributed by atoms with Gasteiger partial charge in [-0.1, -0.05) is 0 Å². The molecule has 0 radical (unpaired) electrons. The number of aliphatic carboxylic acids is 2. The smallest absolute Gasteiger partial charge is 0.326 e. The Balaban J connectivity index is 2.94. The Bertz CT molecular complexity index is 933. The summed E-state index contributed by atoms with van der Waals surface area (Å²) in [4.78, 5) is 70.2. The van der Waals surface area contributed by atoms with Gasteiger partial charge in [0.15, 0.2) is 5.96 Å². The van der Waals surface area contributed by atoms with Crippen LogP contribution in [0.3, 0.4) is 0 Å². The highest BCUT2D eigenvalue weighted by Crippen LogP contribution is 2.04. The van der Waals surface area contributed by atoms with E-state index in [9.17, 15) is 34.2 Å². The van der Waals surface area contributed by atoms with Gasteiger partial charge in [-0.25, -0.2) is 9.78 Å². The number of nitrogens with zero attached hydrogens (tertiary/aromatic N) is 2. The maximum Gasteiger partial charge on any atom is 0.326 e. The maximum absolute atomic E-state index is 12.9. The molecule has 1 rings (SSSR count). The molecule has 0 saturated heterocycles. The Morgan fingerprint density at radius 3 is 2.14 bits per heavy atom. The first kappa shape index (κ1) is 29.8. The number of carboxylic acids is 2. The number of H-pyrrole nitrogens is 1. The zero-order valence-corrected chi connectivity index (χ0v) is 19.2. The number of aliphatic hydroxyl groups is 1. The van der Waals surface area contributed by atoms with Crippen molar-refractivity contribution in [3.05, 3.63) is 18.2 Å². The maximum atomic E-state index is 12.9. The van der Waals surface area contributed by atoms with Gasteiger partial charge in [-0.05, 0) is 12.8 Å². The second-order valence-corrected chi connectivity index (χ2v) is 7.64. The molecule has 13 N–H and O–H groups in total. The van der Waals surface area contributed by atoms with Gasteiger partial charge in [-0.2, -0.15) is 0 Å². The number of rotatable bonds is 16. The van der Waals surface area contributed by atoms with E-state index in [1.165, 1.54) is 12.5 Å². The van der Waals surface area contributed by atoms with Crippen LogP contribution in [0.2, 0.25) is 0 Å². The van der Waals surface area contributed by atoms with Crippen LogP contribution in [0.1, 0.15) is 25.0 Å². The zero-order valence-electron chi connectivity index (χ0n) is 19.2. The average molecular weight is 514 g/mol. The van der Waals surface area contributed by atoms with E-state index < -0.39 is 66.9 Å². The number of carboxylic acid groups (broad SMARTS) is 2. The molecule has 0 aliphatic heterocycles. The first-order chi connectivity index (χ1) is 16.9. The highest BCUT2D eigenvalue weighted by molar-refractivity contribution is 5.94. The van der Waals surface area contributed by atoms with Crippen LogP contribution in [0, 0.1) is 0 Å². The molecule has 4 unspecified atom stereocenters. The number of nitrogens with two attached hydrogens (primary N) is 3. The molecular weight excluding hydrogens is 482 g/mol. The lowest BCUT2D eigenvalue weighted by molar-refractivity contribution is -0.142. The Kier molecular flexibility index (Phi) is 12.3. The molecule has 0 spiro atoms. The predicted molar refractivity (Wildman–Crippen MR) is 123 cm³/mol. The molecule has 0 saturated carbocycles. The molecule has 1 aromatic heterocycles. The minimum atomic E-state index is -1.56. The average Bonchev–Trinajstić information content (AvgIpc) is 3.31. The van der Waals surface area contributed by atoms with Crippen LogP contribution in [0.15, 0.2) is 17.5 Å². The number of hydrogen-bond acceptors (Lipinski definition) is 9. The van der Waals surface area contributed by atoms with Crippen molar-refractivity contribution in [2.24, 2.45) is 22.2 Å². The van der Waals surface area contributed by atoms with Crippen molar-refractivity contribution in [3.8, 4) is 0 Å². The highest BCUT2D eigenvalue weighted by atomic mass is 16.4. The minimum absolute atomic E-state index is 0.0324. The number of imidazole rings is 1. The van der Waals surface area contributed by atoms with Gasteiger partial charge in [-0.3, -0.25) is 24.2 Å². The first-order valence-corrected chi connectivity index (χ1v) is 10.7. The number of aliphatic imine (C=N–C) groups is 1. The standard InChI is InChI=1S/C19H31N9O8/c20-10(5-14(30)31)15(32)28-13(7-29)17(34)26-11(2-1-3-24-19(21)22)16(33)27-12(18(35)36)4-9-6-23-8-25-9/h6,8,10-13,29H,1-5,7,20H2,(H,23,25)(H,26,34)(H,27,33)(H,28,32)(H,30,31)(H,35,36)(H4,21,22,24). The molecular formula is C19H31N9O8. The van der Waals surface area contributed by atoms with Crippen molar-refractivity contribution in [1.82, 2.24) is 25.9 Å². The van der Waals surface area contributed by atoms with E-state index in [1.807, 2.05) is 0 Å². The summed E-state index contributed by atoms with van der Waals surface area (Å²) in [5.74, 6) is -5.72. The summed E-state index contributed by atoms with van der Waals surface area (Å²) in [6.45, 7) is -0.792. The van der Waals surface area contributed by atoms with E-state index >= 15 is 0 Å². The summed E-state index contributed by atoms with van der Waals surface area (Å²) in [5, 5.41) is 34.5. The van der Waals surface area contributed by atoms with Gasteiger partial charge in [0.25, 0.3) is 0 Å². The fraction of sp³-hybridized carbons (Fsp3) is 0.526. The van der Waals surface area contributed by atoms with Gasteiger partial charge in [-0.15, -0.1) is 0 Å². The number of nitrogens with one attached hydrogen (secondary N) is 4. The van der Waals surface area contributed by atoms with Crippen molar-refractivity contribution in [1.29, 1.82) is 0 Å². The van der Waals surface area contributed by atoms with Crippen molar-refractivity contribution >= 4 is 35.6 Å². The van der Waals surface area contributed by atoms with Crippen LogP contribution in [0.5, 0.6) is 0 Å². The third-order valence-corrected chi connectivity index (χ3v) is 4.72. The molecule has 1 aromatic rings. The largest absolute Gasteiger partial charge is 0.481 e. The second-order valence-electron chi connectivity index (χ2n) is 7.64. The van der Waals surface area contributed by atoms with Gasteiger partial charge in [0.2, 0.25) is 17.7 Å². The molecule has 0 fully saturated rings. The number of hydrogen-bond donors (Lipinski definition) is 10. The third-order valence-electron chi connectivity index (χ3n) is 4.72. The zero-order chi connectivity index (χ0) is 27.3. The molecule has 0 aliphatic rings. The number of aromatic nitrogens is 2. The van der Waals surface area contributed by atoms with E-state index in [1.54, 1.807) is 0 Å². The van der Waals surface area contributed by atoms with Gasteiger partial charge in [0.1, 0.15) is 18.1 Å². The van der Waals surface area contributed by atoms with Crippen LogP contribution in [0.4, 0.5) is 0 Å². The molecule has 0 bridgehead atoms. The molecule has 3 amide bonds. The molecule has 1 heterocycles. The SMILES string of the molecule is NC(N)=NCCCC(NC(=O)C(CO)NC(=O)C(N)CC(=O)O)C(=O)NC(Cc1cnc[nH]1)C(=O)O. The van der Waals surface area contributed by atoms with E-state index in [0.29, 0.717) is 5.69 Å². The molecule has 36 heavy (non-hydrogen) atoms. The molecule has 4 atom stereocenters. The number of carbonyl (C=O) groups is 5. The second kappa shape index (κ2) is 14.9. The Hall–Kier alpha value is -4.25. The first-order valence-electron chi connectivity index (χ1n) is 10.7. The van der Waals surface area contributed by atoms with Gasteiger partial charge in [0, 0.05) is 24.9 Å². The lowest BCUT2D eigenvalue weighted by Crippen LogP contribution is -2.58. The van der Waals surface area contributed by atoms with Crippen molar-refractivity contribution in [2.45, 2.75) is 49.9 Å². The quantitative estimate of drug-likeness (QED) is 0.0566. The molecule has 0 aliphatic carbocycles. The van der Waals surface area contributed by atoms with Crippen molar-refractivity contribution in [3.63, 3.8) is 0 Å². The van der Waals surface area contributed by atoms with E-state index in [-0.39, 0.29) is 31.8 Å².